The van der Waals surface area contributed by atoms with E-state index in [1.54, 1.807) is 0 Å². The Bertz CT molecular complexity index is 358. The van der Waals surface area contributed by atoms with Crippen molar-refractivity contribution in [1.82, 2.24) is 10.2 Å². The number of halogens is 1. The van der Waals surface area contributed by atoms with Crippen LogP contribution in [0.3, 0.4) is 0 Å². The Hall–Kier alpha value is 0.0700. The predicted molar refractivity (Wildman–Crippen MR) is 87.6 cm³/mol. The minimum Gasteiger partial charge on any atom is -0.340 e. The highest BCUT2D eigenvalue weighted by Gasteiger charge is 2.58. The number of piperidine rings is 1. The molecule has 2 unspecified atom stereocenters. The van der Waals surface area contributed by atoms with Gasteiger partial charge in [0.1, 0.15) is 0 Å². The van der Waals surface area contributed by atoms with Crippen molar-refractivity contribution < 1.29 is 4.79 Å². The summed E-state index contributed by atoms with van der Waals surface area (Å²) in [6.45, 7) is 8.71. The van der Waals surface area contributed by atoms with Gasteiger partial charge in [-0.1, -0.05) is 13.8 Å². The standard InChI is InChI=1S/C15H26N2OS.ClH/c1-11(2)13-10-17(7-8-19-13)14(18)12-9-15(12)3-5-16-6-4-15;/h11-13,16H,3-10H2,1-2H3;1H. The molecule has 3 rings (SSSR count). The minimum absolute atomic E-state index is 0. The van der Waals surface area contributed by atoms with Gasteiger partial charge in [0.2, 0.25) is 5.91 Å². The third-order valence-corrected chi connectivity index (χ3v) is 6.78. The molecule has 3 fully saturated rings. The van der Waals surface area contributed by atoms with E-state index in [1.165, 1.54) is 12.8 Å². The summed E-state index contributed by atoms with van der Waals surface area (Å²) in [6, 6.07) is 0. The van der Waals surface area contributed by atoms with Gasteiger partial charge < -0.3 is 10.2 Å². The van der Waals surface area contributed by atoms with Gasteiger partial charge in [-0.3, -0.25) is 4.79 Å². The maximum Gasteiger partial charge on any atom is 0.226 e. The van der Waals surface area contributed by atoms with Crippen LogP contribution in [0.2, 0.25) is 0 Å². The molecule has 1 spiro atoms. The van der Waals surface area contributed by atoms with Crippen LogP contribution in [0, 0.1) is 17.3 Å². The van der Waals surface area contributed by atoms with E-state index in [9.17, 15) is 4.79 Å². The molecule has 0 radical (unpaired) electrons. The van der Waals surface area contributed by atoms with Gasteiger partial charge in [-0.2, -0.15) is 11.8 Å². The molecule has 1 saturated carbocycles. The lowest BCUT2D eigenvalue weighted by atomic mass is 9.91. The molecule has 2 atom stereocenters. The van der Waals surface area contributed by atoms with Crippen LogP contribution in [0.5, 0.6) is 0 Å². The summed E-state index contributed by atoms with van der Waals surface area (Å²) in [5.41, 5.74) is 0.389. The van der Waals surface area contributed by atoms with E-state index in [-0.39, 0.29) is 12.4 Å². The van der Waals surface area contributed by atoms with Crippen molar-refractivity contribution in [3.63, 3.8) is 0 Å². The number of hydrogen-bond acceptors (Lipinski definition) is 3. The molecule has 116 valence electrons. The van der Waals surface area contributed by atoms with Gasteiger partial charge in [0, 0.05) is 30.0 Å². The van der Waals surface area contributed by atoms with Gasteiger partial charge in [-0.25, -0.2) is 0 Å². The third-order valence-electron chi connectivity index (χ3n) is 5.24. The van der Waals surface area contributed by atoms with E-state index >= 15 is 0 Å². The third kappa shape index (κ3) is 3.12. The smallest absolute Gasteiger partial charge is 0.226 e. The van der Waals surface area contributed by atoms with Gasteiger partial charge in [0.15, 0.2) is 0 Å². The van der Waals surface area contributed by atoms with Gasteiger partial charge in [0.05, 0.1) is 0 Å². The van der Waals surface area contributed by atoms with Crippen LogP contribution < -0.4 is 5.32 Å². The fraction of sp³-hybridized carbons (Fsp3) is 0.933. The predicted octanol–water partition coefficient (Wildman–Crippen LogP) is 2.40. The van der Waals surface area contributed by atoms with Crippen LogP contribution in [0.15, 0.2) is 0 Å². The van der Waals surface area contributed by atoms with Crippen molar-refractivity contribution in [2.75, 3.05) is 31.9 Å². The molecular weight excluding hydrogens is 292 g/mol. The molecule has 0 aromatic heterocycles. The zero-order valence-electron chi connectivity index (χ0n) is 12.6. The molecule has 3 nitrogen and oxygen atoms in total. The fourth-order valence-corrected chi connectivity index (χ4v) is 4.97. The maximum atomic E-state index is 12.7. The van der Waals surface area contributed by atoms with Crippen LogP contribution in [-0.4, -0.2) is 48.0 Å². The first kappa shape index (κ1) is 16.4. The molecule has 2 aliphatic heterocycles. The first-order chi connectivity index (χ1) is 9.12. The lowest BCUT2D eigenvalue weighted by Crippen LogP contribution is -2.45. The summed E-state index contributed by atoms with van der Waals surface area (Å²) < 4.78 is 0. The van der Waals surface area contributed by atoms with Gasteiger partial charge in [-0.15, -0.1) is 12.4 Å². The van der Waals surface area contributed by atoms with Crippen LogP contribution in [0.1, 0.15) is 33.1 Å². The first-order valence-corrected chi connectivity index (χ1v) is 8.78. The van der Waals surface area contributed by atoms with Gasteiger partial charge in [0.25, 0.3) is 0 Å². The normalized spacial score (nSPS) is 32.0. The van der Waals surface area contributed by atoms with E-state index in [1.807, 2.05) is 11.8 Å². The second kappa shape index (κ2) is 6.45. The topological polar surface area (TPSA) is 32.3 Å². The van der Waals surface area contributed by atoms with Gasteiger partial charge >= 0.3 is 0 Å². The molecule has 20 heavy (non-hydrogen) atoms. The summed E-state index contributed by atoms with van der Waals surface area (Å²) in [7, 11) is 0. The van der Waals surface area contributed by atoms with E-state index in [0.29, 0.717) is 28.4 Å². The number of amides is 1. The lowest BCUT2D eigenvalue weighted by Gasteiger charge is -2.35. The Balaban J connectivity index is 0.00000147. The monoisotopic (exact) mass is 318 g/mol. The number of nitrogens with zero attached hydrogens (tertiary/aromatic N) is 1. The second-order valence-electron chi connectivity index (χ2n) is 6.81. The Morgan fingerprint density at radius 3 is 2.70 bits per heavy atom. The lowest BCUT2D eigenvalue weighted by molar-refractivity contribution is -0.133. The van der Waals surface area contributed by atoms with Crippen LogP contribution in [-0.2, 0) is 4.79 Å². The number of rotatable bonds is 2. The van der Waals surface area contributed by atoms with Gasteiger partial charge in [-0.05, 0) is 43.7 Å². The van der Waals surface area contributed by atoms with Crippen molar-refractivity contribution in [3.8, 4) is 0 Å². The van der Waals surface area contributed by atoms with Crippen molar-refractivity contribution in [1.29, 1.82) is 0 Å². The molecule has 3 aliphatic rings. The van der Waals surface area contributed by atoms with E-state index < -0.39 is 0 Å². The zero-order valence-corrected chi connectivity index (χ0v) is 14.2. The average molecular weight is 319 g/mol. The zero-order chi connectivity index (χ0) is 13.5. The average Bonchev–Trinajstić information content (AvgIpc) is 3.12. The Labute approximate surface area is 133 Å². The van der Waals surface area contributed by atoms with E-state index in [4.69, 9.17) is 0 Å². The maximum absolute atomic E-state index is 12.7. The van der Waals surface area contributed by atoms with Crippen LogP contribution in [0.4, 0.5) is 0 Å². The molecule has 0 aromatic carbocycles. The molecule has 1 aliphatic carbocycles. The first-order valence-electron chi connectivity index (χ1n) is 7.73. The fourth-order valence-electron chi connectivity index (χ4n) is 3.67. The van der Waals surface area contributed by atoms with Crippen molar-refractivity contribution in [3.05, 3.63) is 0 Å². The summed E-state index contributed by atoms with van der Waals surface area (Å²) in [5.74, 6) is 2.61. The number of carbonyl (C=O) groups is 1. The Morgan fingerprint density at radius 1 is 1.35 bits per heavy atom. The molecule has 2 saturated heterocycles. The highest BCUT2D eigenvalue weighted by molar-refractivity contribution is 8.00. The van der Waals surface area contributed by atoms with E-state index in [0.717, 1.165) is 38.4 Å². The molecule has 0 aromatic rings. The molecule has 5 heteroatoms. The highest BCUT2D eigenvalue weighted by atomic mass is 35.5. The van der Waals surface area contributed by atoms with Crippen molar-refractivity contribution in [2.45, 2.75) is 38.4 Å². The second-order valence-corrected chi connectivity index (χ2v) is 8.15. The van der Waals surface area contributed by atoms with E-state index in [2.05, 4.69) is 24.1 Å². The molecule has 2 heterocycles. The quantitative estimate of drug-likeness (QED) is 0.848. The molecule has 1 amide bonds. The summed E-state index contributed by atoms with van der Waals surface area (Å²) in [5, 5.41) is 4.05. The largest absolute Gasteiger partial charge is 0.340 e. The minimum atomic E-state index is 0. The van der Waals surface area contributed by atoms with Crippen LogP contribution in [0.25, 0.3) is 0 Å². The number of thioether (sulfide) groups is 1. The molecular formula is C15H27ClN2OS. The summed E-state index contributed by atoms with van der Waals surface area (Å²) >= 11 is 2.05. The Kier molecular flexibility index (Phi) is 5.30. The van der Waals surface area contributed by atoms with Crippen molar-refractivity contribution >= 4 is 30.1 Å². The summed E-state index contributed by atoms with van der Waals surface area (Å²) in [6.07, 6.45) is 3.57. The number of hydrogen-bond donors (Lipinski definition) is 1. The van der Waals surface area contributed by atoms with Crippen molar-refractivity contribution in [2.24, 2.45) is 17.3 Å². The van der Waals surface area contributed by atoms with Crippen LogP contribution >= 0.6 is 24.2 Å². The SMILES string of the molecule is CC(C)C1CN(C(=O)C2CC23CCNCC3)CCS1.Cl. The Morgan fingerprint density at radius 2 is 2.05 bits per heavy atom. The number of nitrogens with one attached hydrogen (secondary N) is 1. The molecule has 0 bridgehead atoms. The molecule has 1 N–H and O–H groups in total. The highest BCUT2D eigenvalue weighted by Crippen LogP contribution is 2.59. The number of carbonyl (C=O) groups excluding carboxylic acids is 1. The summed E-state index contributed by atoms with van der Waals surface area (Å²) in [4.78, 5) is 14.9.